The van der Waals surface area contributed by atoms with Gasteiger partial charge in [-0.3, -0.25) is 0 Å². The van der Waals surface area contributed by atoms with Crippen LogP contribution in [0, 0.1) is 0 Å². The molecule has 408 valence electrons. The van der Waals surface area contributed by atoms with E-state index in [2.05, 4.69) is 267 Å². The van der Waals surface area contributed by atoms with Gasteiger partial charge < -0.3 is 0 Å². The van der Waals surface area contributed by atoms with Crippen molar-refractivity contribution in [1.82, 2.24) is 0 Å². The fraction of sp³-hybridized carbons (Fsp3) is 0.526. The van der Waals surface area contributed by atoms with Gasteiger partial charge in [-0.1, -0.05) is 267 Å². The van der Waals surface area contributed by atoms with Crippen molar-refractivity contribution in [1.29, 1.82) is 0 Å². The average Bonchev–Trinajstić information content (AvgIpc) is 3.28. The zero-order valence-electron chi connectivity index (χ0n) is 53.8. The molecule has 0 N–H and O–H groups in total. The summed E-state index contributed by atoms with van der Waals surface area (Å²) in [5, 5.41) is 0. The first-order valence-electron chi connectivity index (χ1n) is 29.7. The molecule has 0 radical (unpaired) electrons. The Balaban J connectivity index is 2.15. The summed E-state index contributed by atoms with van der Waals surface area (Å²) in [4.78, 5) is 0. The molecule has 0 heteroatoms. The summed E-state index contributed by atoms with van der Waals surface area (Å²) >= 11 is 0. The van der Waals surface area contributed by atoms with Crippen LogP contribution in [0.15, 0.2) is 72.8 Å². The predicted octanol–water partition coefficient (Wildman–Crippen LogP) is 22.6. The van der Waals surface area contributed by atoms with Crippen molar-refractivity contribution in [3.63, 3.8) is 0 Å². The van der Waals surface area contributed by atoms with E-state index in [1.807, 2.05) is 0 Å². The minimum Gasteiger partial charge on any atom is -0.0616 e. The lowest BCUT2D eigenvalue weighted by Gasteiger charge is -2.43. The molecule has 6 aromatic rings. The molecule has 1 aliphatic rings. The predicted molar refractivity (Wildman–Crippen MR) is 340 cm³/mol. The van der Waals surface area contributed by atoms with E-state index in [0.717, 1.165) is 25.7 Å². The van der Waals surface area contributed by atoms with E-state index in [0.29, 0.717) is 0 Å². The minimum atomic E-state index is -0.205. The number of aryl methyl sites for hydroxylation is 4. The van der Waals surface area contributed by atoms with E-state index in [1.54, 1.807) is 0 Å². The molecular formula is C76H104. The van der Waals surface area contributed by atoms with Crippen LogP contribution in [0.25, 0.3) is 66.8 Å². The van der Waals surface area contributed by atoms with Gasteiger partial charge in [0.25, 0.3) is 0 Å². The van der Waals surface area contributed by atoms with Gasteiger partial charge in [0, 0.05) is 0 Å². The van der Waals surface area contributed by atoms with Crippen molar-refractivity contribution in [2.75, 3.05) is 0 Å². The van der Waals surface area contributed by atoms with Crippen molar-refractivity contribution in [2.45, 2.75) is 263 Å². The molecule has 0 nitrogen and oxygen atoms in total. The van der Waals surface area contributed by atoms with Crippen LogP contribution in [0.1, 0.15) is 261 Å². The first-order chi connectivity index (χ1) is 34.6. The van der Waals surface area contributed by atoms with E-state index in [1.165, 1.54) is 134 Å². The molecule has 0 spiro atoms. The van der Waals surface area contributed by atoms with Crippen LogP contribution in [0.2, 0.25) is 0 Å². The van der Waals surface area contributed by atoms with E-state index in [9.17, 15) is 0 Å². The van der Waals surface area contributed by atoms with Gasteiger partial charge in [-0.05, 0) is 203 Å². The zero-order chi connectivity index (χ0) is 57.2. The largest absolute Gasteiger partial charge is 0.0616 e. The van der Waals surface area contributed by atoms with E-state index >= 15 is 0 Å². The molecule has 0 aromatic heterocycles. The molecule has 0 amide bonds. The third-order valence-corrected chi connectivity index (χ3v) is 16.9. The molecule has 6 aromatic carbocycles. The second kappa shape index (κ2) is 19.6. The number of benzene rings is 6. The Hall–Kier alpha value is -4.68. The van der Waals surface area contributed by atoms with Crippen LogP contribution < -0.4 is 0 Å². The molecule has 0 heterocycles. The van der Waals surface area contributed by atoms with Gasteiger partial charge >= 0.3 is 0 Å². The molecule has 0 saturated heterocycles. The fourth-order valence-electron chi connectivity index (χ4n) is 12.6. The molecule has 76 heavy (non-hydrogen) atoms. The highest BCUT2D eigenvalue weighted by Gasteiger charge is 2.45. The van der Waals surface area contributed by atoms with Crippen LogP contribution in [-0.2, 0) is 69.0 Å². The van der Waals surface area contributed by atoms with E-state index in [4.69, 9.17) is 0 Å². The van der Waals surface area contributed by atoms with Gasteiger partial charge in [0.2, 0.25) is 0 Å². The SMILES string of the molecule is CCc1cc(C(C)(C)C)c(-c2c3c(c(-c4c(C(C)(C)C)cc(CC)cc4C(C)(C)C)c(-c4c(C(C)(C)C)cc(CC)cc4C(C)(C)C)c2-c2c(C(C)(C)C)cc(CC)cc2C(C)(C)C)-c2ccccc2-3)c(C(C)(C)C)c1. The summed E-state index contributed by atoms with van der Waals surface area (Å²) in [5.41, 5.74) is 32.6. The molecule has 0 bridgehead atoms. The second-order valence-corrected chi connectivity index (χ2v) is 31.5. The maximum absolute atomic E-state index is 2.63. The minimum absolute atomic E-state index is 0.177. The Labute approximate surface area is 466 Å². The Morgan fingerprint density at radius 2 is 0.355 bits per heavy atom. The zero-order valence-corrected chi connectivity index (χ0v) is 53.8. The van der Waals surface area contributed by atoms with Gasteiger partial charge in [0.1, 0.15) is 0 Å². The summed E-state index contributed by atoms with van der Waals surface area (Å²) < 4.78 is 0. The van der Waals surface area contributed by atoms with Crippen molar-refractivity contribution < 1.29 is 0 Å². The highest BCUT2D eigenvalue weighted by atomic mass is 14.5. The van der Waals surface area contributed by atoms with E-state index in [-0.39, 0.29) is 43.3 Å². The Bertz CT molecular complexity index is 2840. The van der Waals surface area contributed by atoms with Gasteiger partial charge in [-0.25, -0.2) is 0 Å². The number of hydrogen-bond donors (Lipinski definition) is 0. The van der Waals surface area contributed by atoms with Crippen molar-refractivity contribution >= 4 is 0 Å². The highest BCUT2D eigenvalue weighted by molar-refractivity contribution is 6.24. The normalized spacial score (nSPS) is 13.7. The average molecular weight is 1020 g/mol. The summed E-state index contributed by atoms with van der Waals surface area (Å²) in [6.07, 6.45) is 3.92. The third kappa shape index (κ3) is 10.6. The monoisotopic (exact) mass is 1020 g/mol. The Morgan fingerprint density at radius 3 is 0.487 bits per heavy atom. The number of rotatable bonds is 8. The van der Waals surface area contributed by atoms with Crippen molar-refractivity contribution in [2.24, 2.45) is 0 Å². The maximum Gasteiger partial charge on any atom is -0.000719 e. The van der Waals surface area contributed by atoms with Crippen LogP contribution in [-0.4, -0.2) is 0 Å². The third-order valence-electron chi connectivity index (χ3n) is 16.9. The van der Waals surface area contributed by atoms with Crippen LogP contribution in [0.4, 0.5) is 0 Å². The molecule has 0 aliphatic heterocycles. The van der Waals surface area contributed by atoms with Gasteiger partial charge in [-0.2, -0.15) is 0 Å². The lowest BCUT2D eigenvalue weighted by atomic mass is 9.60. The molecule has 0 fully saturated rings. The molecule has 0 atom stereocenters. The Kier molecular flexibility index (Phi) is 15.2. The molecular weight excluding hydrogens is 913 g/mol. The van der Waals surface area contributed by atoms with Gasteiger partial charge in [0.05, 0.1) is 0 Å². The van der Waals surface area contributed by atoms with Gasteiger partial charge in [-0.15, -0.1) is 0 Å². The number of fused-ring (bicyclic) bond motifs is 4. The maximum atomic E-state index is 2.63. The lowest BCUT2D eigenvalue weighted by Crippen LogP contribution is -2.25. The van der Waals surface area contributed by atoms with Crippen molar-refractivity contribution in [3.05, 3.63) is 140 Å². The standard InChI is InChI=1S/C76H104/c1-29-45-37-51(69(5,6)7)61(52(38-45)70(8,9)10)65-59-49-35-33-34-36-50(49)60(59)66(62-53(71(11,12)13)39-46(30-2)40-54(62)72(14,15)16)68(64-57(75(23,24)25)43-48(32-4)44-58(64)76(26,27)28)67(65)63-55(73(17,18)19)41-47(31-3)42-56(63)74(20,21)22/h33-44H,29-32H2,1-28H3. The quantitative estimate of drug-likeness (QED) is 0.142. The number of hydrogen-bond acceptors (Lipinski definition) is 0. The Morgan fingerprint density at radius 1 is 0.211 bits per heavy atom. The molecule has 0 unspecified atom stereocenters. The fourth-order valence-corrected chi connectivity index (χ4v) is 12.6. The molecule has 0 saturated carbocycles. The topological polar surface area (TPSA) is 0 Å². The first-order valence-corrected chi connectivity index (χ1v) is 29.7. The summed E-state index contributed by atoms with van der Waals surface area (Å²) in [6.45, 7) is 69.0. The summed E-state index contributed by atoms with van der Waals surface area (Å²) in [5.74, 6) is 0. The van der Waals surface area contributed by atoms with Crippen LogP contribution >= 0.6 is 0 Å². The lowest BCUT2D eigenvalue weighted by molar-refractivity contribution is 0.567. The van der Waals surface area contributed by atoms with E-state index < -0.39 is 0 Å². The second-order valence-electron chi connectivity index (χ2n) is 31.5. The van der Waals surface area contributed by atoms with Crippen LogP contribution in [0.5, 0.6) is 0 Å². The van der Waals surface area contributed by atoms with Gasteiger partial charge in [0.15, 0.2) is 0 Å². The molecule has 1 aliphatic carbocycles. The van der Waals surface area contributed by atoms with Crippen molar-refractivity contribution in [3.8, 4) is 66.8 Å². The summed E-state index contributed by atoms with van der Waals surface area (Å²) in [7, 11) is 0. The summed E-state index contributed by atoms with van der Waals surface area (Å²) in [6, 6.07) is 30.5. The first kappa shape index (κ1) is 59.0. The van der Waals surface area contributed by atoms with Crippen LogP contribution in [0.3, 0.4) is 0 Å². The molecule has 7 rings (SSSR count). The smallest absolute Gasteiger partial charge is 0.000719 e. The highest BCUT2D eigenvalue weighted by Crippen LogP contribution is 2.67.